The molecule has 0 bridgehead atoms. The molecular weight excluding hydrogens is 428 g/mol. The molecule has 0 amide bonds. The van der Waals surface area contributed by atoms with Gasteiger partial charge in [0.25, 0.3) is 0 Å². The van der Waals surface area contributed by atoms with Crippen LogP contribution in [0.2, 0.25) is 0 Å². The number of esters is 2. The molecule has 0 rings (SSSR count). The molecule has 188 valence electrons. The average molecular weight is 469 g/mol. The molecule has 0 fully saturated rings. The van der Waals surface area contributed by atoms with E-state index in [1.165, 1.54) is 12.5 Å². The summed E-state index contributed by atoms with van der Waals surface area (Å²) >= 11 is 0. The topological polar surface area (TPSA) is 89.5 Å². The Morgan fingerprint density at radius 1 is 0.667 bits per heavy atom. The van der Waals surface area contributed by atoms with E-state index in [2.05, 4.69) is 26.3 Å². The second-order valence-electron chi connectivity index (χ2n) is 7.81. The lowest BCUT2D eigenvalue weighted by Gasteiger charge is -2.32. The van der Waals surface area contributed by atoms with Crippen molar-refractivity contribution in [3.8, 4) is 0 Å². The van der Waals surface area contributed by atoms with Crippen molar-refractivity contribution in [2.45, 2.75) is 39.5 Å². The van der Waals surface area contributed by atoms with Gasteiger partial charge < -0.3 is 28.4 Å². The summed E-state index contributed by atoms with van der Waals surface area (Å²) in [5, 5.41) is 0. The van der Waals surface area contributed by atoms with Gasteiger partial charge in [0.2, 0.25) is 0 Å². The molecule has 8 heteroatoms. The number of rotatable bonds is 22. The summed E-state index contributed by atoms with van der Waals surface area (Å²) in [5.74, 6) is -1.07. The van der Waals surface area contributed by atoms with E-state index in [1.54, 1.807) is 13.8 Å². The van der Waals surface area contributed by atoms with Crippen LogP contribution in [0.25, 0.3) is 0 Å². The van der Waals surface area contributed by atoms with Gasteiger partial charge in [0.15, 0.2) is 0 Å². The molecule has 0 saturated carbocycles. The Bertz CT molecular complexity index is 572. The molecule has 0 aromatic rings. The monoisotopic (exact) mass is 468 g/mol. The Kier molecular flexibility index (Phi) is 17.5. The molecule has 0 radical (unpaired) electrons. The third kappa shape index (κ3) is 15.8. The van der Waals surface area contributed by atoms with Crippen molar-refractivity contribution in [3.63, 3.8) is 0 Å². The summed E-state index contributed by atoms with van der Waals surface area (Å²) in [6.07, 6.45) is 5.95. The van der Waals surface area contributed by atoms with Crippen LogP contribution in [0.15, 0.2) is 50.0 Å². The van der Waals surface area contributed by atoms with Crippen molar-refractivity contribution in [2.75, 3.05) is 52.9 Å². The van der Waals surface area contributed by atoms with Crippen LogP contribution in [-0.4, -0.2) is 64.8 Å². The van der Waals surface area contributed by atoms with Crippen LogP contribution in [-0.2, 0) is 38.0 Å². The van der Waals surface area contributed by atoms with E-state index in [1.807, 2.05) is 0 Å². The van der Waals surface area contributed by atoms with Crippen molar-refractivity contribution < 1.29 is 38.0 Å². The summed E-state index contributed by atoms with van der Waals surface area (Å²) in [5.41, 5.74) is -0.339. The molecule has 0 aliphatic carbocycles. The van der Waals surface area contributed by atoms with Gasteiger partial charge in [-0.25, -0.2) is 9.59 Å². The molecule has 0 aromatic carbocycles. The number of hydrogen-bond donors (Lipinski definition) is 0. The average Bonchev–Trinajstić information content (AvgIpc) is 2.79. The predicted molar refractivity (Wildman–Crippen MR) is 126 cm³/mol. The normalized spacial score (nSPS) is 10.7. The SMILES string of the molecule is C=COCCCCOCC(COCCCCOC=C)(COC(=O)C(=C)C)COC(=O)C(=C)C. The first kappa shape index (κ1) is 30.4. The van der Waals surface area contributed by atoms with Gasteiger partial charge in [0.1, 0.15) is 13.2 Å². The van der Waals surface area contributed by atoms with Crippen LogP contribution in [0.4, 0.5) is 0 Å². The number of unbranched alkanes of at least 4 members (excludes halogenated alkanes) is 2. The Morgan fingerprint density at radius 2 is 1.03 bits per heavy atom. The van der Waals surface area contributed by atoms with Gasteiger partial charge in [-0.05, 0) is 39.5 Å². The lowest BCUT2D eigenvalue weighted by atomic mass is 9.92. The molecule has 0 atom stereocenters. The van der Waals surface area contributed by atoms with Gasteiger partial charge in [0.05, 0.1) is 44.4 Å². The van der Waals surface area contributed by atoms with Crippen LogP contribution in [0.1, 0.15) is 39.5 Å². The van der Waals surface area contributed by atoms with Gasteiger partial charge >= 0.3 is 11.9 Å². The zero-order valence-corrected chi connectivity index (χ0v) is 20.2. The Morgan fingerprint density at radius 3 is 1.36 bits per heavy atom. The minimum atomic E-state index is -0.883. The molecule has 0 aromatic heterocycles. The van der Waals surface area contributed by atoms with E-state index in [0.717, 1.165) is 25.7 Å². The first-order valence-electron chi connectivity index (χ1n) is 11.0. The zero-order valence-electron chi connectivity index (χ0n) is 20.2. The highest BCUT2D eigenvalue weighted by atomic mass is 16.6. The molecule has 0 heterocycles. The Hall–Kier alpha value is -2.58. The molecule has 0 aliphatic heterocycles. The summed E-state index contributed by atoms with van der Waals surface area (Å²) in [7, 11) is 0. The highest BCUT2D eigenvalue weighted by Crippen LogP contribution is 2.22. The number of carbonyl (C=O) groups is 2. The van der Waals surface area contributed by atoms with E-state index in [-0.39, 0.29) is 37.6 Å². The van der Waals surface area contributed by atoms with Gasteiger partial charge in [-0.3, -0.25) is 0 Å². The van der Waals surface area contributed by atoms with E-state index in [0.29, 0.717) is 26.4 Å². The molecule has 0 unspecified atom stereocenters. The fourth-order valence-corrected chi connectivity index (χ4v) is 2.46. The van der Waals surface area contributed by atoms with Crippen LogP contribution in [0.3, 0.4) is 0 Å². The lowest BCUT2D eigenvalue weighted by Crippen LogP contribution is -2.43. The smallest absolute Gasteiger partial charge is 0.333 e. The van der Waals surface area contributed by atoms with Crippen LogP contribution in [0, 0.1) is 5.41 Å². The summed E-state index contributed by atoms with van der Waals surface area (Å²) in [4.78, 5) is 24.0. The van der Waals surface area contributed by atoms with Crippen LogP contribution >= 0.6 is 0 Å². The quantitative estimate of drug-likeness (QED) is 0.101. The standard InChI is InChI=1S/C25H40O8/c1-7-28-13-9-11-15-30-17-25(19-32-23(26)21(3)4,20-33-24(27)22(5)6)18-31-16-12-10-14-29-8-2/h7-8H,1-3,5,9-20H2,4,6H3. The maximum atomic E-state index is 12.0. The molecular formula is C25H40O8. The van der Waals surface area contributed by atoms with Crippen molar-refractivity contribution in [3.05, 3.63) is 50.0 Å². The number of hydrogen-bond acceptors (Lipinski definition) is 8. The molecule has 0 spiro atoms. The van der Waals surface area contributed by atoms with E-state index in [4.69, 9.17) is 28.4 Å². The molecule has 33 heavy (non-hydrogen) atoms. The van der Waals surface area contributed by atoms with Crippen molar-refractivity contribution >= 4 is 11.9 Å². The number of carbonyl (C=O) groups excluding carboxylic acids is 2. The van der Waals surface area contributed by atoms with Gasteiger partial charge in [0, 0.05) is 24.4 Å². The molecule has 0 N–H and O–H groups in total. The minimum Gasteiger partial charge on any atom is -0.502 e. The van der Waals surface area contributed by atoms with E-state index < -0.39 is 17.4 Å². The minimum absolute atomic E-state index is 0.0543. The van der Waals surface area contributed by atoms with E-state index in [9.17, 15) is 9.59 Å². The molecule has 0 aliphatic rings. The third-order valence-corrected chi connectivity index (χ3v) is 4.37. The maximum absolute atomic E-state index is 12.0. The highest BCUT2D eigenvalue weighted by molar-refractivity contribution is 5.87. The zero-order chi connectivity index (χ0) is 25.0. The predicted octanol–water partition coefficient (Wildman–Crippen LogP) is 4.13. The second kappa shape index (κ2) is 18.9. The lowest BCUT2D eigenvalue weighted by molar-refractivity contribution is -0.158. The first-order valence-corrected chi connectivity index (χ1v) is 11.0. The highest BCUT2D eigenvalue weighted by Gasteiger charge is 2.35. The van der Waals surface area contributed by atoms with Crippen LogP contribution in [0.5, 0.6) is 0 Å². The Labute approximate surface area is 198 Å². The van der Waals surface area contributed by atoms with Crippen LogP contribution < -0.4 is 0 Å². The van der Waals surface area contributed by atoms with Gasteiger partial charge in [-0.15, -0.1) is 0 Å². The maximum Gasteiger partial charge on any atom is 0.333 e. The van der Waals surface area contributed by atoms with Gasteiger partial charge in [-0.2, -0.15) is 0 Å². The fraction of sp³-hybridized carbons (Fsp3) is 0.600. The summed E-state index contributed by atoms with van der Waals surface area (Å²) < 4.78 is 32.7. The molecule has 8 nitrogen and oxygen atoms in total. The van der Waals surface area contributed by atoms with Crippen molar-refractivity contribution in [1.29, 1.82) is 0 Å². The largest absolute Gasteiger partial charge is 0.502 e. The second-order valence-corrected chi connectivity index (χ2v) is 7.81. The van der Waals surface area contributed by atoms with Crippen molar-refractivity contribution in [2.24, 2.45) is 5.41 Å². The third-order valence-electron chi connectivity index (χ3n) is 4.37. The van der Waals surface area contributed by atoms with Crippen molar-refractivity contribution in [1.82, 2.24) is 0 Å². The summed E-state index contributed by atoms with van der Waals surface area (Å²) in [6.45, 7) is 19.6. The summed E-state index contributed by atoms with van der Waals surface area (Å²) in [6, 6.07) is 0. The molecule has 0 saturated heterocycles. The van der Waals surface area contributed by atoms with Gasteiger partial charge in [-0.1, -0.05) is 26.3 Å². The number of ether oxygens (including phenoxy) is 6. The fourth-order valence-electron chi connectivity index (χ4n) is 2.46. The Balaban J connectivity index is 5.09. The first-order chi connectivity index (χ1) is 15.8. The van der Waals surface area contributed by atoms with E-state index >= 15 is 0 Å².